The van der Waals surface area contributed by atoms with Gasteiger partial charge in [0.15, 0.2) is 0 Å². The van der Waals surface area contributed by atoms with Crippen LogP contribution in [-0.2, 0) is 6.42 Å². The lowest BCUT2D eigenvalue weighted by molar-refractivity contribution is 0.611. The Hall–Kier alpha value is -1.28. The van der Waals surface area contributed by atoms with Crippen LogP contribution in [0.4, 0.5) is 11.4 Å². The number of hydrogen-bond acceptors (Lipinski definition) is 1. The fourth-order valence-corrected chi connectivity index (χ4v) is 3.89. The number of nitrogens with zero attached hydrogens (tertiary/aromatic N) is 1. The van der Waals surface area contributed by atoms with Crippen LogP contribution >= 0.6 is 15.9 Å². The number of rotatable bonds is 8. The summed E-state index contributed by atoms with van der Waals surface area (Å²) < 4.78 is 0. The molecule has 0 spiro atoms. The highest BCUT2D eigenvalue weighted by molar-refractivity contribution is 9.09. The summed E-state index contributed by atoms with van der Waals surface area (Å²) in [6.45, 7) is 1.13. The molecule has 0 amide bonds. The van der Waals surface area contributed by atoms with Crippen LogP contribution in [0.3, 0.4) is 0 Å². The van der Waals surface area contributed by atoms with Crippen LogP contribution in [0.2, 0.25) is 0 Å². The van der Waals surface area contributed by atoms with Crippen molar-refractivity contribution in [1.82, 2.24) is 0 Å². The zero-order valence-corrected chi connectivity index (χ0v) is 15.4. The highest BCUT2D eigenvalue weighted by atomic mass is 79.9. The molecule has 0 unspecified atom stereocenters. The largest absolute Gasteiger partial charge is 0.341 e. The lowest BCUT2D eigenvalue weighted by atomic mass is 9.95. The van der Waals surface area contributed by atoms with Crippen LogP contribution in [0.15, 0.2) is 48.5 Å². The fraction of sp³-hybridized carbons (Fsp3) is 0.429. The molecule has 0 bridgehead atoms. The lowest BCUT2D eigenvalue weighted by Gasteiger charge is -2.33. The van der Waals surface area contributed by atoms with Crippen molar-refractivity contribution in [3.8, 4) is 0 Å². The zero-order chi connectivity index (χ0) is 15.9. The van der Waals surface area contributed by atoms with E-state index in [2.05, 4.69) is 69.4 Å². The minimum absolute atomic E-state index is 1.06. The minimum atomic E-state index is 1.06. The predicted octanol–water partition coefficient (Wildman–Crippen LogP) is 6.46. The molecule has 2 heteroatoms. The van der Waals surface area contributed by atoms with Crippen molar-refractivity contribution in [2.75, 3.05) is 16.8 Å². The van der Waals surface area contributed by atoms with Crippen LogP contribution in [0.1, 0.15) is 49.7 Å². The summed E-state index contributed by atoms with van der Waals surface area (Å²) in [5.74, 6) is 0. The standard InChI is InChI=1S/C21H26BrN/c22-15-9-3-1-2-4-10-16-23-20-13-7-5-11-18(20)17-19-12-6-8-14-21(19)23/h5-8,11-14H,1-4,9-10,15-17H2. The van der Waals surface area contributed by atoms with Crippen molar-refractivity contribution in [2.45, 2.75) is 44.9 Å². The molecular weight excluding hydrogens is 346 g/mol. The Kier molecular flexibility index (Phi) is 6.15. The van der Waals surface area contributed by atoms with Gasteiger partial charge in [-0.2, -0.15) is 0 Å². The number of benzene rings is 2. The van der Waals surface area contributed by atoms with Gasteiger partial charge in [-0.15, -0.1) is 0 Å². The van der Waals surface area contributed by atoms with Gasteiger partial charge >= 0.3 is 0 Å². The van der Waals surface area contributed by atoms with Gasteiger partial charge in [0, 0.05) is 29.7 Å². The first-order chi connectivity index (χ1) is 11.4. The summed E-state index contributed by atoms with van der Waals surface area (Å²) in [7, 11) is 0. The molecule has 2 aromatic carbocycles. The van der Waals surface area contributed by atoms with Crippen molar-refractivity contribution < 1.29 is 0 Å². The van der Waals surface area contributed by atoms with Gasteiger partial charge in [-0.3, -0.25) is 0 Å². The van der Waals surface area contributed by atoms with E-state index in [1.807, 2.05) is 0 Å². The monoisotopic (exact) mass is 371 g/mol. The summed E-state index contributed by atoms with van der Waals surface area (Å²) in [6.07, 6.45) is 9.09. The van der Waals surface area contributed by atoms with Gasteiger partial charge in [-0.05, 0) is 36.1 Å². The number of halogens is 1. The quantitative estimate of drug-likeness (QED) is 0.379. The maximum atomic E-state index is 3.51. The molecule has 1 aliphatic rings. The highest BCUT2D eigenvalue weighted by Crippen LogP contribution is 2.38. The van der Waals surface area contributed by atoms with E-state index in [-0.39, 0.29) is 0 Å². The van der Waals surface area contributed by atoms with Crippen molar-refractivity contribution in [2.24, 2.45) is 0 Å². The minimum Gasteiger partial charge on any atom is -0.341 e. The van der Waals surface area contributed by atoms with E-state index < -0.39 is 0 Å². The third-order valence-corrected chi connectivity index (χ3v) is 5.27. The Labute approximate surface area is 148 Å². The molecule has 0 saturated carbocycles. The van der Waals surface area contributed by atoms with E-state index >= 15 is 0 Å². The average Bonchev–Trinajstić information content (AvgIpc) is 2.60. The van der Waals surface area contributed by atoms with Crippen molar-refractivity contribution in [1.29, 1.82) is 0 Å². The highest BCUT2D eigenvalue weighted by Gasteiger charge is 2.21. The molecule has 122 valence electrons. The van der Waals surface area contributed by atoms with Gasteiger partial charge in [0.25, 0.3) is 0 Å². The Morgan fingerprint density at radius 2 is 1.22 bits per heavy atom. The number of fused-ring (bicyclic) bond motifs is 2. The molecule has 2 aromatic rings. The number of unbranched alkanes of at least 4 members (excludes halogenated alkanes) is 5. The summed E-state index contributed by atoms with van der Waals surface area (Å²) in [4.78, 5) is 2.53. The van der Waals surface area contributed by atoms with Crippen molar-refractivity contribution >= 4 is 27.3 Å². The molecule has 0 N–H and O–H groups in total. The van der Waals surface area contributed by atoms with E-state index in [1.165, 1.54) is 61.0 Å². The zero-order valence-electron chi connectivity index (χ0n) is 13.8. The van der Waals surface area contributed by atoms with Crippen LogP contribution in [0.5, 0.6) is 0 Å². The third kappa shape index (κ3) is 4.17. The van der Waals surface area contributed by atoms with Crippen LogP contribution in [-0.4, -0.2) is 11.9 Å². The molecule has 0 aromatic heterocycles. The molecule has 0 atom stereocenters. The topological polar surface area (TPSA) is 3.24 Å². The second-order valence-corrected chi connectivity index (χ2v) is 7.19. The molecule has 1 aliphatic heterocycles. The van der Waals surface area contributed by atoms with Gasteiger partial charge in [0.05, 0.1) is 0 Å². The number of anilines is 2. The van der Waals surface area contributed by atoms with Gasteiger partial charge in [-0.1, -0.05) is 78.0 Å². The normalized spacial score (nSPS) is 12.8. The Bertz CT molecular complexity index is 577. The second kappa shape index (κ2) is 8.54. The van der Waals surface area contributed by atoms with E-state index in [1.54, 1.807) is 0 Å². The molecule has 1 heterocycles. The van der Waals surface area contributed by atoms with E-state index in [0.717, 1.165) is 18.3 Å². The smallest absolute Gasteiger partial charge is 0.0446 e. The van der Waals surface area contributed by atoms with Crippen molar-refractivity contribution in [3.63, 3.8) is 0 Å². The van der Waals surface area contributed by atoms with Crippen LogP contribution < -0.4 is 4.90 Å². The third-order valence-electron chi connectivity index (χ3n) is 4.71. The molecule has 23 heavy (non-hydrogen) atoms. The SMILES string of the molecule is BrCCCCCCCCN1c2ccccc2Cc2ccccc21. The first kappa shape index (κ1) is 16.6. The van der Waals surface area contributed by atoms with Crippen LogP contribution in [0, 0.1) is 0 Å². The fourth-order valence-electron chi connectivity index (χ4n) is 3.49. The second-order valence-electron chi connectivity index (χ2n) is 6.40. The van der Waals surface area contributed by atoms with Gasteiger partial charge < -0.3 is 4.90 Å². The summed E-state index contributed by atoms with van der Waals surface area (Å²) in [6, 6.07) is 17.8. The molecule has 0 saturated heterocycles. The molecule has 1 nitrogen and oxygen atoms in total. The van der Waals surface area contributed by atoms with Gasteiger partial charge in [0.2, 0.25) is 0 Å². The van der Waals surface area contributed by atoms with Gasteiger partial charge in [-0.25, -0.2) is 0 Å². The summed E-state index contributed by atoms with van der Waals surface area (Å²) in [5.41, 5.74) is 5.74. The molecule has 3 rings (SSSR count). The molecule has 0 aliphatic carbocycles. The van der Waals surface area contributed by atoms with E-state index in [9.17, 15) is 0 Å². The maximum absolute atomic E-state index is 3.51. The first-order valence-electron chi connectivity index (χ1n) is 8.89. The molecule has 0 fully saturated rings. The van der Waals surface area contributed by atoms with E-state index in [0.29, 0.717) is 0 Å². The number of hydrogen-bond donors (Lipinski definition) is 0. The maximum Gasteiger partial charge on any atom is 0.0446 e. The number of para-hydroxylation sites is 2. The molecular formula is C21H26BrN. The van der Waals surface area contributed by atoms with E-state index in [4.69, 9.17) is 0 Å². The predicted molar refractivity (Wildman–Crippen MR) is 104 cm³/mol. The number of alkyl halides is 1. The molecule has 0 radical (unpaired) electrons. The average molecular weight is 372 g/mol. The summed E-state index contributed by atoms with van der Waals surface area (Å²) >= 11 is 3.51. The Balaban J connectivity index is 1.62. The lowest BCUT2D eigenvalue weighted by Crippen LogP contribution is -2.24. The van der Waals surface area contributed by atoms with Gasteiger partial charge in [0.1, 0.15) is 0 Å². The summed E-state index contributed by atoms with van der Waals surface area (Å²) in [5, 5.41) is 1.15. The Morgan fingerprint density at radius 1 is 0.696 bits per heavy atom. The Morgan fingerprint density at radius 3 is 1.83 bits per heavy atom. The van der Waals surface area contributed by atoms with Crippen molar-refractivity contribution in [3.05, 3.63) is 59.7 Å². The first-order valence-corrected chi connectivity index (χ1v) is 10.0. The van der Waals surface area contributed by atoms with Crippen LogP contribution in [0.25, 0.3) is 0 Å².